The Labute approximate surface area is 87.9 Å². The summed E-state index contributed by atoms with van der Waals surface area (Å²) in [5.74, 6) is 0. The van der Waals surface area contributed by atoms with Crippen LogP contribution >= 0.6 is 0 Å². The Kier molecular flexibility index (Phi) is 5.58. The molecule has 0 aromatic rings. The zero-order valence-electron chi connectivity index (χ0n) is 10.2. The van der Waals surface area contributed by atoms with E-state index in [9.17, 15) is 4.79 Å². The summed E-state index contributed by atoms with van der Waals surface area (Å²) in [6, 6.07) is 0.0495. The summed E-state index contributed by atoms with van der Waals surface area (Å²) < 4.78 is 0. The van der Waals surface area contributed by atoms with Gasteiger partial charge in [-0.15, -0.1) is 0 Å². The van der Waals surface area contributed by atoms with E-state index in [1.54, 1.807) is 0 Å². The van der Waals surface area contributed by atoms with Crippen molar-refractivity contribution in [1.82, 2.24) is 10.2 Å². The van der Waals surface area contributed by atoms with Gasteiger partial charge in [-0.05, 0) is 34.1 Å². The summed E-state index contributed by atoms with van der Waals surface area (Å²) in [4.78, 5) is 13.6. The van der Waals surface area contributed by atoms with Gasteiger partial charge in [0.05, 0.1) is 0 Å². The van der Waals surface area contributed by atoms with Crippen LogP contribution in [0.3, 0.4) is 0 Å². The fourth-order valence-electron chi connectivity index (χ4n) is 1.30. The van der Waals surface area contributed by atoms with Crippen LogP contribution in [0.25, 0.3) is 0 Å². The van der Waals surface area contributed by atoms with Crippen LogP contribution in [0.1, 0.15) is 47.5 Å². The van der Waals surface area contributed by atoms with Crippen LogP contribution < -0.4 is 5.32 Å². The lowest BCUT2D eigenvalue weighted by atomic mass is 10.1. The smallest absolute Gasteiger partial charge is 0.317 e. The van der Waals surface area contributed by atoms with Gasteiger partial charge in [-0.1, -0.05) is 13.3 Å². The van der Waals surface area contributed by atoms with E-state index >= 15 is 0 Å². The molecule has 3 nitrogen and oxygen atoms in total. The van der Waals surface area contributed by atoms with Crippen LogP contribution in [0.15, 0.2) is 0 Å². The fraction of sp³-hybridized carbons (Fsp3) is 0.909. The Morgan fingerprint density at radius 3 is 2.21 bits per heavy atom. The van der Waals surface area contributed by atoms with E-state index in [0.717, 1.165) is 19.4 Å². The molecular weight excluding hydrogens is 176 g/mol. The maximum atomic E-state index is 11.7. The summed E-state index contributed by atoms with van der Waals surface area (Å²) in [6.45, 7) is 11.8. The molecule has 0 radical (unpaired) electrons. The average Bonchev–Trinajstić information content (AvgIpc) is 2.03. The van der Waals surface area contributed by atoms with Crippen molar-refractivity contribution in [3.8, 4) is 0 Å². The molecule has 0 unspecified atom stereocenters. The van der Waals surface area contributed by atoms with Gasteiger partial charge in [0.1, 0.15) is 0 Å². The highest BCUT2D eigenvalue weighted by Crippen LogP contribution is 2.14. The van der Waals surface area contributed by atoms with Crippen LogP contribution in [0.5, 0.6) is 0 Å². The van der Waals surface area contributed by atoms with Crippen molar-refractivity contribution in [3.63, 3.8) is 0 Å². The monoisotopic (exact) mass is 200 g/mol. The molecule has 0 aliphatic carbocycles. The minimum Gasteiger partial charge on any atom is -0.338 e. The molecule has 0 rings (SSSR count). The fourth-order valence-corrected chi connectivity index (χ4v) is 1.30. The predicted octanol–water partition coefficient (Wildman–Crippen LogP) is 2.62. The zero-order chi connectivity index (χ0) is 11.2. The number of rotatable bonds is 4. The number of hydrogen-bond donors (Lipinski definition) is 1. The molecule has 84 valence electrons. The number of carbonyl (C=O) groups is 1. The first-order chi connectivity index (χ1) is 6.43. The van der Waals surface area contributed by atoms with Gasteiger partial charge in [0.2, 0.25) is 0 Å². The van der Waals surface area contributed by atoms with E-state index in [1.807, 2.05) is 11.8 Å². The molecule has 0 aromatic heterocycles. The van der Waals surface area contributed by atoms with Crippen molar-refractivity contribution in [3.05, 3.63) is 0 Å². The standard InChI is InChI=1S/C11H24N2O/c1-6-8-9-13(11(3,4)5)10(14)12-7-2/h6-9H2,1-5H3,(H,12,14). The average molecular weight is 200 g/mol. The van der Waals surface area contributed by atoms with Crippen LogP contribution in [-0.4, -0.2) is 29.6 Å². The van der Waals surface area contributed by atoms with Gasteiger partial charge < -0.3 is 10.2 Å². The Balaban J connectivity index is 4.31. The second-order valence-corrected chi connectivity index (χ2v) is 4.51. The maximum absolute atomic E-state index is 11.7. The first-order valence-electron chi connectivity index (χ1n) is 5.49. The normalized spacial score (nSPS) is 11.2. The van der Waals surface area contributed by atoms with E-state index in [4.69, 9.17) is 0 Å². The predicted molar refractivity (Wildman–Crippen MR) is 60.4 cm³/mol. The molecule has 0 aliphatic rings. The van der Waals surface area contributed by atoms with Gasteiger partial charge in [-0.25, -0.2) is 4.79 Å². The molecule has 0 saturated heterocycles. The first-order valence-corrected chi connectivity index (χ1v) is 5.49. The first kappa shape index (κ1) is 13.3. The molecule has 0 aromatic carbocycles. The van der Waals surface area contributed by atoms with Gasteiger partial charge in [0.25, 0.3) is 0 Å². The van der Waals surface area contributed by atoms with Crippen molar-refractivity contribution in [2.24, 2.45) is 0 Å². The lowest BCUT2D eigenvalue weighted by Gasteiger charge is -2.35. The zero-order valence-corrected chi connectivity index (χ0v) is 10.2. The lowest BCUT2D eigenvalue weighted by molar-refractivity contribution is 0.144. The Hall–Kier alpha value is -0.730. The van der Waals surface area contributed by atoms with E-state index in [1.165, 1.54) is 0 Å². The van der Waals surface area contributed by atoms with Crippen molar-refractivity contribution in [1.29, 1.82) is 0 Å². The summed E-state index contributed by atoms with van der Waals surface area (Å²) >= 11 is 0. The van der Waals surface area contributed by atoms with Crippen LogP contribution in [-0.2, 0) is 0 Å². The molecule has 0 heterocycles. The molecule has 0 fully saturated rings. The molecule has 0 aliphatic heterocycles. The molecule has 0 bridgehead atoms. The van der Waals surface area contributed by atoms with Gasteiger partial charge >= 0.3 is 6.03 Å². The molecule has 14 heavy (non-hydrogen) atoms. The van der Waals surface area contributed by atoms with Gasteiger partial charge in [0, 0.05) is 18.6 Å². The Bertz CT molecular complexity index is 173. The number of amides is 2. The van der Waals surface area contributed by atoms with Crippen molar-refractivity contribution < 1.29 is 4.79 Å². The molecule has 2 amide bonds. The maximum Gasteiger partial charge on any atom is 0.317 e. The SMILES string of the molecule is CCCCN(C(=O)NCC)C(C)(C)C. The third-order valence-electron chi connectivity index (χ3n) is 2.12. The topological polar surface area (TPSA) is 32.3 Å². The third-order valence-corrected chi connectivity index (χ3v) is 2.12. The summed E-state index contributed by atoms with van der Waals surface area (Å²) in [6.07, 6.45) is 2.18. The number of urea groups is 1. The van der Waals surface area contributed by atoms with Gasteiger partial charge in [-0.2, -0.15) is 0 Å². The molecular formula is C11H24N2O. The summed E-state index contributed by atoms with van der Waals surface area (Å²) in [5, 5.41) is 2.85. The summed E-state index contributed by atoms with van der Waals surface area (Å²) in [5.41, 5.74) is -0.0889. The third kappa shape index (κ3) is 4.49. The summed E-state index contributed by atoms with van der Waals surface area (Å²) in [7, 11) is 0. The minimum atomic E-state index is -0.0889. The highest BCUT2D eigenvalue weighted by Gasteiger charge is 2.24. The molecule has 1 N–H and O–H groups in total. The van der Waals surface area contributed by atoms with Gasteiger partial charge in [0.15, 0.2) is 0 Å². The quantitative estimate of drug-likeness (QED) is 0.743. The Morgan fingerprint density at radius 1 is 1.29 bits per heavy atom. The van der Waals surface area contributed by atoms with Crippen molar-refractivity contribution >= 4 is 6.03 Å². The van der Waals surface area contributed by atoms with Crippen LogP contribution in [0.2, 0.25) is 0 Å². The molecule has 3 heteroatoms. The molecule has 0 atom stereocenters. The van der Waals surface area contributed by atoms with Crippen LogP contribution in [0, 0.1) is 0 Å². The minimum absolute atomic E-state index is 0.0495. The highest BCUT2D eigenvalue weighted by molar-refractivity contribution is 5.74. The number of nitrogens with one attached hydrogen (secondary N) is 1. The number of hydrogen-bond acceptors (Lipinski definition) is 1. The van der Waals surface area contributed by atoms with Crippen molar-refractivity contribution in [2.75, 3.05) is 13.1 Å². The second-order valence-electron chi connectivity index (χ2n) is 4.51. The van der Waals surface area contributed by atoms with Gasteiger partial charge in [-0.3, -0.25) is 0 Å². The molecule has 0 spiro atoms. The number of nitrogens with zero attached hydrogens (tertiary/aromatic N) is 1. The number of unbranched alkanes of at least 4 members (excludes halogenated alkanes) is 1. The largest absolute Gasteiger partial charge is 0.338 e. The Morgan fingerprint density at radius 2 is 1.86 bits per heavy atom. The van der Waals surface area contributed by atoms with E-state index in [0.29, 0.717) is 6.54 Å². The van der Waals surface area contributed by atoms with E-state index in [2.05, 4.69) is 33.0 Å². The number of carbonyl (C=O) groups excluding carboxylic acids is 1. The highest BCUT2D eigenvalue weighted by atomic mass is 16.2. The van der Waals surface area contributed by atoms with Crippen molar-refractivity contribution in [2.45, 2.75) is 53.0 Å². The van der Waals surface area contributed by atoms with E-state index in [-0.39, 0.29) is 11.6 Å². The van der Waals surface area contributed by atoms with Crippen LogP contribution in [0.4, 0.5) is 4.79 Å². The lowest BCUT2D eigenvalue weighted by Crippen LogP contribution is -2.50. The van der Waals surface area contributed by atoms with E-state index < -0.39 is 0 Å². The molecule has 0 saturated carbocycles. The second kappa shape index (κ2) is 5.89.